The molecule has 0 aliphatic carbocycles. The lowest BCUT2D eigenvalue weighted by Gasteiger charge is -2.27. The van der Waals surface area contributed by atoms with Crippen LogP contribution in [-0.2, 0) is 9.53 Å². The Morgan fingerprint density at radius 1 is 1.47 bits per heavy atom. The Labute approximate surface area is 113 Å². The zero-order chi connectivity index (χ0) is 14.3. The van der Waals surface area contributed by atoms with Crippen LogP contribution in [-0.4, -0.2) is 65.8 Å². The van der Waals surface area contributed by atoms with Crippen molar-refractivity contribution in [2.24, 2.45) is 0 Å². The number of rotatable bonds is 7. The summed E-state index contributed by atoms with van der Waals surface area (Å²) in [5.41, 5.74) is 0. The van der Waals surface area contributed by atoms with E-state index in [2.05, 4.69) is 11.5 Å². The molecular formula is C13H22N2O4. The molecular weight excluding hydrogens is 248 g/mol. The Morgan fingerprint density at radius 3 is 2.63 bits per heavy atom. The third-order valence-corrected chi connectivity index (χ3v) is 3.24. The fraction of sp³-hybridized carbons (Fsp3) is 0.692. The number of carboxylic acids is 1. The summed E-state index contributed by atoms with van der Waals surface area (Å²) in [5.74, 6) is -1.03. The van der Waals surface area contributed by atoms with E-state index < -0.39 is 18.1 Å². The third-order valence-electron chi connectivity index (χ3n) is 3.24. The second kappa shape index (κ2) is 7.78. The summed E-state index contributed by atoms with van der Waals surface area (Å²) >= 11 is 0. The van der Waals surface area contributed by atoms with E-state index in [-0.39, 0.29) is 6.61 Å². The number of carbonyl (C=O) groups is 2. The van der Waals surface area contributed by atoms with Gasteiger partial charge in [0, 0.05) is 13.1 Å². The fourth-order valence-electron chi connectivity index (χ4n) is 2.04. The van der Waals surface area contributed by atoms with E-state index in [0.29, 0.717) is 13.1 Å². The van der Waals surface area contributed by atoms with Crippen LogP contribution in [0, 0.1) is 0 Å². The lowest BCUT2D eigenvalue weighted by Crippen LogP contribution is -2.46. The summed E-state index contributed by atoms with van der Waals surface area (Å²) in [6, 6.07) is -0.889. The maximum absolute atomic E-state index is 11.8. The minimum atomic E-state index is -1.03. The molecule has 1 atom stereocenters. The Balaban J connectivity index is 2.54. The van der Waals surface area contributed by atoms with Crippen molar-refractivity contribution in [3.8, 4) is 0 Å². The van der Waals surface area contributed by atoms with Crippen molar-refractivity contribution in [2.45, 2.75) is 25.8 Å². The molecule has 0 bridgehead atoms. The van der Waals surface area contributed by atoms with Gasteiger partial charge in [-0.25, -0.2) is 9.59 Å². The average molecular weight is 270 g/mol. The highest BCUT2D eigenvalue weighted by atomic mass is 16.6. The number of hydrogen-bond donors (Lipinski definition) is 1. The van der Waals surface area contributed by atoms with Crippen molar-refractivity contribution >= 4 is 12.1 Å². The van der Waals surface area contributed by atoms with Gasteiger partial charge >= 0.3 is 12.1 Å². The Bertz CT molecular complexity index is 327. The zero-order valence-electron chi connectivity index (χ0n) is 11.4. The molecule has 1 aliphatic heterocycles. The van der Waals surface area contributed by atoms with Crippen LogP contribution in [0.5, 0.6) is 0 Å². The summed E-state index contributed by atoms with van der Waals surface area (Å²) in [4.78, 5) is 26.3. The van der Waals surface area contributed by atoms with Gasteiger partial charge in [0.2, 0.25) is 0 Å². The van der Waals surface area contributed by atoms with Crippen LogP contribution < -0.4 is 0 Å². The highest BCUT2D eigenvalue weighted by Crippen LogP contribution is 2.09. The number of hydrogen-bond acceptors (Lipinski definition) is 4. The van der Waals surface area contributed by atoms with E-state index in [4.69, 9.17) is 9.84 Å². The molecule has 1 heterocycles. The van der Waals surface area contributed by atoms with Crippen molar-refractivity contribution in [3.63, 3.8) is 0 Å². The van der Waals surface area contributed by atoms with Gasteiger partial charge < -0.3 is 14.7 Å². The largest absolute Gasteiger partial charge is 0.480 e. The molecule has 0 radical (unpaired) electrons. The van der Waals surface area contributed by atoms with E-state index in [9.17, 15) is 9.59 Å². The Morgan fingerprint density at radius 2 is 2.11 bits per heavy atom. The average Bonchev–Trinajstić information content (AvgIpc) is 2.89. The topological polar surface area (TPSA) is 70.1 Å². The van der Waals surface area contributed by atoms with E-state index in [1.165, 1.54) is 17.9 Å². The van der Waals surface area contributed by atoms with Crippen LogP contribution in [0.2, 0.25) is 0 Å². The maximum Gasteiger partial charge on any atom is 0.410 e. The smallest absolute Gasteiger partial charge is 0.410 e. The van der Waals surface area contributed by atoms with Crippen LogP contribution in [0.4, 0.5) is 4.79 Å². The highest BCUT2D eigenvalue weighted by Gasteiger charge is 2.27. The van der Waals surface area contributed by atoms with Crippen molar-refractivity contribution in [3.05, 3.63) is 12.7 Å². The van der Waals surface area contributed by atoms with E-state index in [1.54, 1.807) is 0 Å². The molecule has 1 unspecified atom stereocenters. The van der Waals surface area contributed by atoms with Gasteiger partial charge in [-0.3, -0.25) is 4.90 Å². The Hall–Kier alpha value is -1.56. The van der Waals surface area contributed by atoms with Crippen molar-refractivity contribution in [1.82, 2.24) is 9.80 Å². The number of aliphatic carboxylic acids is 1. The van der Waals surface area contributed by atoms with Gasteiger partial charge in [-0.05, 0) is 32.9 Å². The van der Waals surface area contributed by atoms with Gasteiger partial charge in [0.1, 0.15) is 12.6 Å². The first kappa shape index (κ1) is 15.5. The van der Waals surface area contributed by atoms with Gasteiger partial charge in [-0.2, -0.15) is 0 Å². The molecule has 1 amide bonds. The van der Waals surface area contributed by atoms with Crippen molar-refractivity contribution in [1.29, 1.82) is 0 Å². The molecule has 1 rings (SSSR count). The van der Waals surface area contributed by atoms with Crippen LogP contribution in [0.3, 0.4) is 0 Å². The first-order chi connectivity index (χ1) is 9.06. The van der Waals surface area contributed by atoms with Crippen LogP contribution in [0.25, 0.3) is 0 Å². The van der Waals surface area contributed by atoms with Gasteiger partial charge in [0.15, 0.2) is 0 Å². The van der Waals surface area contributed by atoms with Crippen molar-refractivity contribution < 1.29 is 19.4 Å². The minimum Gasteiger partial charge on any atom is -0.480 e. The zero-order valence-corrected chi connectivity index (χ0v) is 11.4. The summed E-state index contributed by atoms with van der Waals surface area (Å²) in [6.07, 6.45) is 3.18. The molecule has 1 N–H and O–H groups in total. The molecule has 0 saturated carbocycles. The van der Waals surface area contributed by atoms with E-state index in [0.717, 1.165) is 25.9 Å². The SMILES string of the molecule is C=CCOC(=O)N(CCN1CCCC1)C(C)C(=O)O. The van der Waals surface area contributed by atoms with E-state index >= 15 is 0 Å². The lowest BCUT2D eigenvalue weighted by atomic mass is 10.3. The lowest BCUT2D eigenvalue weighted by molar-refractivity contribution is -0.142. The minimum absolute atomic E-state index is 0.0887. The molecule has 0 aromatic carbocycles. The molecule has 0 aromatic heterocycles. The molecule has 19 heavy (non-hydrogen) atoms. The molecule has 108 valence electrons. The molecule has 1 saturated heterocycles. The molecule has 0 aromatic rings. The predicted molar refractivity (Wildman–Crippen MR) is 71.0 cm³/mol. The highest BCUT2D eigenvalue weighted by molar-refractivity contribution is 5.79. The van der Waals surface area contributed by atoms with Crippen LogP contribution in [0.1, 0.15) is 19.8 Å². The standard InChI is InChI=1S/C13H22N2O4/c1-3-10-19-13(18)15(11(2)12(16)17)9-8-14-6-4-5-7-14/h3,11H,1,4-10H2,2H3,(H,16,17). The summed E-state index contributed by atoms with van der Waals surface area (Å²) in [5, 5.41) is 9.04. The molecule has 6 heteroatoms. The number of carboxylic acid groups (broad SMARTS) is 1. The van der Waals surface area contributed by atoms with Gasteiger partial charge in [-0.15, -0.1) is 0 Å². The molecule has 0 spiro atoms. The van der Waals surface area contributed by atoms with Gasteiger partial charge in [-0.1, -0.05) is 12.7 Å². The number of carbonyl (C=O) groups excluding carboxylic acids is 1. The third kappa shape index (κ3) is 4.90. The Kier molecular flexibility index (Phi) is 6.35. The predicted octanol–water partition coefficient (Wildman–Crippen LogP) is 1.18. The second-order valence-corrected chi connectivity index (χ2v) is 4.62. The normalized spacial score (nSPS) is 16.9. The molecule has 6 nitrogen and oxygen atoms in total. The van der Waals surface area contributed by atoms with Crippen LogP contribution >= 0.6 is 0 Å². The fourth-order valence-corrected chi connectivity index (χ4v) is 2.04. The second-order valence-electron chi connectivity index (χ2n) is 4.62. The van der Waals surface area contributed by atoms with Gasteiger partial charge in [0.25, 0.3) is 0 Å². The quantitative estimate of drug-likeness (QED) is 0.703. The first-order valence-corrected chi connectivity index (χ1v) is 6.55. The molecule has 1 fully saturated rings. The monoisotopic (exact) mass is 270 g/mol. The maximum atomic E-state index is 11.8. The first-order valence-electron chi connectivity index (χ1n) is 6.55. The molecule has 1 aliphatic rings. The number of ether oxygens (including phenoxy) is 1. The summed E-state index contributed by atoms with van der Waals surface area (Å²) in [6.45, 7) is 8.10. The van der Waals surface area contributed by atoms with Crippen LogP contribution in [0.15, 0.2) is 12.7 Å². The number of likely N-dealkylation sites (tertiary alicyclic amines) is 1. The number of nitrogens with zero attached hydrogens (tertiary/aromatic N) is 2. The summed E-state index contributed by atoms with van der Waals surface area (Å²) in [7, 11) is 0. The van der Waals surface area contributed by atoms with E-state index in [1.807, 2.05) is 0 Å². The van der Waals surface area contributed by atoms with Crippen molar-refractivity contribution in [2.75, 3.05) is 32.8 Å². The van der Waals surface area contributed by atoms with Gasteiger partial charge in [0.05, 0.1) is 0 Å². The summed E-state index contributed by atoms with van der Waals surface area (Å²) < 4.78 is 4.93. The number of amides is 1.